The van der Waals surface area contributed by atoms with Crippen LogP contribution in [0.3, 0.4) is 0 Å². The third kappa shape index (κ3) is 7.21. The van der Waals surface area contributed by atoms with Crippen LogP contribution in [0, 0.1) is 0 Å². The smallest absolute Gasteiger partial charge is 0.504 e. The largest absolute Gasteiger partial charge is 0.511 e. The highest BCUT2D eigenvalue weighted by molar-refractivity contribution is 5.63. The van der Waals surface area contributed by atoms with E-state index >= 15 is 0 Å². The summed E-state index contributed by atoms with van der Waals surface area (Å²) in [5, 5.41) is 19.1. The summed E-state index contributed by atoms with van der Waals surface area (Å²) < 4.78 is 10.6. The van der Waals surface area contributed by atoms with E-state index in [2.05, 4.69) is 18.6 Å². The Morgan fingerprint density at radius 1 is 1.08 bits per heavy atom. The number of hydrogen-bond donors (Lipinski definition) is 2. The van der Waals surface area contributed by atoms with Gasteiger partial charge >= 0.3 is 6.16 Å². The molecule has 0 amide bonds. The van der Waals surface area contributed by atoms with Crippen molar-refractivity contribution < 1.29 is 24.5 Å². The van der Waals surface area contributed by atoms with Gasteiger partial charge in [0.2, 0.25) is 0 Å². The fourth-order valence-corrected chi connectivity index (χ4v) is 2.61. The van der Waals surface area contributed by atoms with Gasteiger partial charge in [-0.2, -0.15) is 0 Å². The van der Waals surface area contributed by atoms with Gasteiger partial charge in [0.15, 0.2) is 11.5 Å². The maximum absolute atomic E-state index is 10.7. The fourth-order valence-electron chi connectivity index (χ4n) is 2.61. The highest BCUT2D eigenvalue weighted by atomic mass is 16.7. The Balaban J connectivity index is 2.78. The number of unbranched alkanes of at least 4 members (excludes halogenated alkanes) is 5. The minimum absolute atomic E-state index is 0.0462. The Kier molecular flexibility index (Phi) is 9.92. The van der Waals surface area contributed by atoms with Crippen LogP contribution in [-0.2, 0) is 4.74 Å². The fraction of sp³-hybridized carbons (Fsp3) is 0.632. The first-order valence-corrected chi connectivity index (χ1v) is 8.94. The Hall–Kier alpha value is -1.75. The second-order valence-corrected chi connectivity index (χ2v) is 5.98. The first-order chi connectivity index (χ1) is 11.6. The highest BCUT2D eigenvalue weighted by Crippen LogP contribution is 2.37. The predicted octanol–water partition coefficient (Wildman–Crippen LogP) is 5.67. The summed E-state index contributed by atoms with van der Waals surface area (Å²) in [4.78, 5) is 10.7. The second kappa shape index (κ2) is 11.7. The minimum Gasteiger partial charge on any atom is -0.504 e. The van der Waals surface area contributed by atoms with Gasteiger partial charge in [-0.3, -0.25) is 0 Å². The van der Waals surface area contributed by atoms with Crippen molar-refractivity contribution in [1.82, 2.24) is 0 Å². The molecule has 5 nitrogen and oxygen atoms in total. The van der Waals surface area contributed by atoms with Gasteiger partial charge in [0.25, 0.3) is 0 Å². The van der Waals surface area contributed by atoms with Gasteiger partial charge in [-0.25, -0.2) is 4.79 Å². The molecule has 0 fully saturated rings. The molecule has 1 aromatic rings. The molecule has 1 rings (SSSR count). The molecule has 136 valence electrons. The summed E-state index contributed by atoms with van der Waals surface area (Å²) in [7, 11) is 0. The van der Waals surface area contributed by atoms with Crippen molar-refractivity contribution in [2.45, 2.75) is 71.3 Å². The Labute approximate surface area is 144 Å². The monoisotopic (exact) mass is 338 g/mol. The van der Waals surface area contributed by atoms with E-state index in [0.29, 0.717) is 12.2 Å². The summed E-state index contributed by atoms with van der Waals surface area (Å²) in [5.41, 5.74) is 0.598. The van der Waals surface area contributed by atoms with Gasteiger partial charge in [-0.15, -0.1) is 0 Å². The molecule has 2 N–H and O–H groups in total. The Bertz CT molecular complexity index is 487. The highest BCUT2D eigenvalue weighted by Gasteiger charge is 2.19. The molecular formula is C19H30O5. The molecular weight excluding hydrogens is 308 g/mol. The lowest BCUT2D eigenvalue weighted by Gasteiger charge is -2.20. The van der Waals surface area contributed by atoms with Crippen LogP contribution in [0.15, 0.2) is 18.2 Å². The van der Waals surface area contributed by atoms with E-state index in [4.69, 9.17) is 9.84 Å². The number of aromatic hydroxyl groups is 1. The van der Waals surface area contributed by atoms with E-state index in [0.717, 1.165) is 32.1 Å². The molecule has 0 saturated heterocycles. The molecule has 0 spiro atoms. The van der Waals surface area contributed by atoms with Crippen LogP contribution >= 0.6 is 0 Å². The number of carboxylic acid groups (broad SMARTS) is 1. The van der Waals surface area contributed by atoms with E-state index in [-0.39, 0.29) is 17.6 Å². The summed E-state index contributed by atoms with van der Waals surface area (Å²) in [6, 6.07) is 4.89. The molecule has 1 aromatic carbocycles. The average Bonchev–Trinajstić information content (AvgIpc) is 2.55. The van der Waals surface area contributed by atoms with Crippen molar-refractivity contribution in [2.75, 3.05) is 6.61 Å². The topological polar surface area (TPSA) is 76.0 Å². The van der Waals surface area contributed by atoms with E-state index in [1.807, 2.05) is 0 Å². The van der Waals surface area contributed by atoms with Crippen molar-refractivity contribution in [3.63, 3.8) is 0 Å². The van der Waals surface area contributed by atoms with Gasteiger partial charge in [0.1, 0.15) is 0 Å². The first-order valence-electron chi connectivity index (χ1n) is 8.94. The van der Waals surface area contributed by atoms with Crippen LogP contribution in [0.2, 0.25) is 0 Å². The van der Waals surface area contributed by atoms with Gasteiger partial charge in [-0.05, 0) is 18.9 Å². The number of phenols is 1. The zero-order valence-corrected chi connectivity index (χ0v) is 14.8. The second-order valence-electron chi connectivity index (χ2n) is 5.98. The van der Waals surface area contributed by atoms with E-state index in [1.54, 1.807) is 12.1 Å². The van der Waals surface area contributed by atoms with Gasteiger partial charge in [0, 0.05) is 12.2 Å². The van der Waals surface area contributed by atoms with Crippen LogP contribution in [0.25, 0.3) is 0 Å². The minimum atomic E-state index is -1.44. The molecule has 0 aliphatic carbocycles. The molecule has 0 aliphatic rings. The number of para-hydroxylation sites is 1. The SMILES string of the molecule is CCCCCCCC(OCCCC)c1cccc(OC(=O)O)c1O. The molecule has 1 atom stereocenters. The molecule has 5 heteroatoms. The zero-order chi connectivity index (χ0) is 17.8. The summed E-state index contributed by atoms with van der Waals surface area (Å²) in [6.45, 7) is 4.91. The van der Waals surface area contributed by atoms with E-state index in [9.17, 15) is 9.90 Å². The van der Waals surface area contributed by atoms with Gasteiger partial charge < -0.3 is 19.7 Å². The number of phenolic OH excluding ortho intramolecular Hbond substituents is 1. The average molecular weight is 338 g/mol. The molecule has 0 bridgehead atoms. The molecule has 24 heavy (non-hydrogen) atoms. The van der Waals surface area contributed by atoms with Crippen molar-refractivity contribution >= 4 is 6.16 Å². The lowest BCUT2D eigenvalue weighted by atomic mass is 10.0. The third-order valence-electron chi connectivity index (χ3n) is 3.96. The number of benzene rings is 1. The van der Waals surface area contributed by atoms with Crippen LogP contribution in [0.4, 0.5) is 4.79 Å². The van der Waals surface area contributed by atoms with Crippen LogP contribution < -0.4 is 4.74 Å². The van der Waals surface area contributed by atoms with Gasteiger partial charge in [-0.1, -0.05) is 64.5 Å². The summed E-state index contributed by atoms with van der Waals surface area (Å²) in [6.07, 6.45) is 6.90. The molecule has 0 aliphatic heterocycles. The van der Waals surface area contributed by atoms with Crippen LogP contribution in [0.1, 0.15) is 76.9 Å². The van der Waals surface area contributed by atoms with E-state index < -0.39 is 6.16 Å². The van der Waals surface area contributed by atoms with E-state index in [1.165, 1.54) is 25.3 Å². The zero-order valence-electron chi connectivity index (χ0n) is 14.8. The quantitative estimate of drug-likeness (QED) is 0.292. The Morgan fingerprint density at radius 3 is 2.46 bits per heavy atom. The number of carbonyl (C=O) groups is 1. The normalized spacial score (nSPS) is 12.1. The predicted molar refractivity (Wildman–Crippen MR) is 93.7 cm³/mol. The van der Waals surface area contributed by atoms with Crippen molar-refractivity contribution in [1.29, 1.82) is 0 Å². The standard InChI is InChI=1S/C19H30O5/c1-3-5-7-8-9-12-16(23-14-6-4-2)15-11-10-13-17(18(15)20)24-19(21)22/h10-11,13,16,20H,3-9,12,14H2,1-2H3,(H,21,22). The molecule has 0 radical (unpaired) electrons. The molecule has 0 heterocycles. The number of hydrogen-bond acceptors (Lipinski definition) is 4. The van der Waals surface area contributed by atoms with Crippen molar-refractivity contribution in [3.8, 4) is 11.5 Å². The maximum Gasteiger partial charge on any atom is 0.511 e. The van der Waals surface area contributed by atoms with Crippen molar-refractivity contribution in [2.24, 2.45) is 0 Å². The maximum atomic E-state index is 10.7. The first kappa shape index (κ1) is 20.3. The molecule has 0 aromatic heterocycles. The number of ether oxygens (including phenoxy) is 2. The molecule has 1 unspecified atom stereocenters. The Morgan fingerprint density at radius 2 is 1.79 bits per heavy atom. The number of rotatable bonds is 12. The lowest BCUT2D eigenvalue weighted by molar-refractivity contribution is 0.0410. The summed E-state index contributed by atoms with van der Waals surface area (Å²) in [5.74, 6) is -0.190. The molecule has 0 saturated carbocycles. The van der Waals surface area contributed by atoms with Crippen molar-refractivity contribution in [3.05, 3.63) is 23.8 Å². The summed E-state index contributed by atoms with van der Waals surface area (Å²) >= 11 is 0. The van der Waals surface area contributed by atoms with Crippen LogP contribution in [0.5, 0.6) is 11.5 Å². The third-order valence-corrected chi connectivity index (χ3v) is 3.96. The van der Waals surface area contributed by atoms with Crippen LogP contribution in [-0.4, -0.2) is 23.0 Å². The lowest BCUT2D eigenvalue weighted by Crippen LogP contribution is -2.08. The van der Waals surface area contributed by atoms with Gasteiger partial charge in [0.05, 0.1) is 6.10 Å².